The Kier molecular flexibility index (Phi) is 4.22. The van der Waals surface area contributed by atoms with Gasteiger partial charge in [0.25, 0.3) is 11.5 Å². The number of ether oxygens (including phenoxy) is 1. The summed E-state index contributed by atoms with van der Waals surface area (Å²) in [6.45, 7) is 4.10. The second-order valence-electron chi connectivity index (χ2n) is 6.26. The first kappa shape index (κ1) is 17.0. The summed E-state index contributed by atoms with van der Waals surface area (Å²) in [5.41, 5.74) is -1.37. The van der Waals surface area contributed by atoms with Gasteiger partial charge in [0.05, 0.1) is 13.2 Å². The molecule has 0 atom stereocenters. The van der Waals surface area contributed by atoms with Crippen LogP contribution >= 0.6 is 0 Å². The summed E-state index contributed by atoms with van der Waals surface area (Å²) in [5.74, 6) is -1.08. The molecule has 0 fully saturated rings. The number of aromatic hydroxyl groups is 2. The predicted molar refractivity (Wildman–Crippen MR) is 88.4 cm³/mol. The highest BCUT2D eigenvalue weighted by Crippen LogP contribution is 2.27. The molecule has 0 bridgehead atoms. The number of rotatable bonds is 3. The highest BCUT2D eigenvalue weighted by atomic mass is 16.5. The Hall–Kier alpha value is -2.87. The van der Waals surface area contributed by atoms with Gasteiger partial charge in [-0.15, -0.1) is 0 Å². The number of hydrogen-bond acceptors (Lipinski definition) is 6. The third kappa shape index (κ3) is 3.08. The lowest BCUT2D eigenvalue weighted by molar-refractivity contribution is -0.0566. The fourth-order valence-corrected chi connectivity index (χ4v) is 2.75. The number of amides is 1. The number of nitrogens with one attached hydrogen (secondary N) is 1. The van der Waals surface area contributed by atoms with E-state index in [0.29, 0.717) is 12.2 Å². The molecule has 0 saturated heterocycles. The number of phenolic OH excluding ortho intramolecular Hbond substituents is 1. The Morgan fingerprint density at radius 1 is 1.36 bits per heavy atom. The van der Waals surface area contributed by atoms with E-state index in [4.69, 9.17) is 4.74 Å². The minimum absolute atomic E-state index is 0.0327. The van der Waals surface area contributed by atoms with Crippen LogP contribution in [0.5, 0.6) is 11.5 Å². The van der Waals surface area contributed by atoms with Crippen LogP contribution in [0.15, 0.2) is 29.1 Å². The molecule has 2 aromatic rings. The molecular weight excluding hydrogens is 326 g/mol. The van der Waals surface area contributed by atoms with Gasteiger partial charge in [0.15, 0.2) is 5.69 Å². The summed E-state index contributed by atoms with van der Waals surface area (Å²) in [6, 6.07) is 6.55. The Morgan fingerprint density at radius 2 is 2.08 bits per heavy atom. The van der Waals surface area contributed by atoms with Gasteiger partial charge in [-0.3, -0.25) is 14.2 Å². The van der Waals surface area contributed by atoms with E-state index >= 15 is 0 Å². The number of carbonyl (C=O) groups excluding carboxylic acids is 1. The van der Waals surface area contributed by atoms with Crippen molar-refractivity contribution in [3.05, 3.63) is 51.7 Å². The van der Waals surface area contributed by atoms with Crippen LogP contribution in [-0.2, 0) is 23.4 Å². The van der Waals surface area contributed by atoms with Crippen molar-refractivity contribution in [3.63, 3.8) is 0 Å². The van der Waals surface area contributed by atoms with E-state index in [-0.39, 0.29) is 30.4 Å². The van der Waals surface area contributed by atoms with Gasteiger partial charge in [-0.1, -0.05) is 18.2 Å². The van der Waals surface area contributed by atoms with Crippen molar-refractivity contribution in [1.29, 1.82) is 0 Å². The molecule has 0 saturated carbocycles. The Balaban J connectivity index is 1.92. The first-order chi connectivity index (χ1) is 11.8. The van der Waals surface area contributed by atoms with Crippen molar-refractivity contribution in [3.8, 4) is 11.5 Å². The zero-order valence-electron chi connectivity index (χ0n) is 13.9. The van der Waals surface area contributed by atoms with Crippen LogP contribution < -0.4 is 10.9 Å². The summed E-state index contributed by atoms with van der Waals surface area (Å²) < 4.78 is 6.92. The van der Waals surface area contributed by atoms with E-state index in [9.17, 15) is 19.8 Å². The zero-order valence-corrected chi connectivity index (χ0v) is 13.9. The van der Waals surface area contributed by atoms with Crippen LogP contribution in [0.2, 0.25) is 0 Å². The second kappa shape index (κ2) is 6.21. The third-order valence-corrected chi connectivity index (χ3v) is 4.11. The topological polar surface area (TPSA) is 114 Å². The van der Waals surface area contributed by atoms with Crippen LogP contribution in [0, 0.1) is 0 Å². The SMILES string of the molecule is CC1(C)OCCn2c1nc(C(=O)NCc1ccccc1O)c(O)c2=O. The lowest BCUT2D eigenvalue weighted by Crippen LogP contribution is -2.42. The van der Waals surface area contributed by atoms with Gasteiger partial charge in [0.2, 0.25) is 5.75 Å². The molecule has 0 spiro atoms. The lowest BCUT2D eigenvalue weighted by Gasteiger charge is -2.32. The van der Waals surface area contributed by atoms with Crippen LogP contribution in [0.1, 0.15) is 35.7 Å². The van der Waals surface area contributed by atoms with E-state index < -0.39 is 22.8 Å². The van der Waals surface area contributed by atoms with E-state index in [1.807, 2.05) is 0 Å². The van der Waals surface area contributed by atoms with Crippen molar-refractivity contribution in [1.82, 2.24) is 14.9 Å². The smallest absolute Gasteiger partial charge is 0.296 e. The molecule has 1 amide bonds. The van der Waals surface area contributed by atoms with Crippen molar-refractivity contribution >= 4 is 5.91 Å². The molecule has 1 aliphatic heterocycles. The van der Waals surface area contributed by atoms with E-state index in [2.05, 4.69) is 10.3 Å². The summed E-state index contributed by atoms with van der Waals surface area (Å²) in [6.07, 6.45) is 0. The van der Waals surface area contributed by atoms with E-state index in [1.165, 1.54) is 10.6 Å². The molecule has 8 nitrogen and oxygen atoms in total. The minimum Gasteiger partial charge on any atom is -0.508 e. The van der Waals surface area contributed by atoms with Gasteiger partial charge < -0.3 is 20.3 Å². The van der Waals surface area contributed by atoms with Gasteiger partial charge in [-0.25, -0.2) is 4.98 Å². The van der Waals surface area contributed by atoms with Gasteiger partial charge >= 0.3 is 0 Å². The molecule has 3 N–H and O–H groups in total. The number of fused-ring (bicyclic) bond motifs is 1. The summed E-state index contributed by atoms with van der Waals surface area (Å²) in [5, 5.41) is 22.4. The van der Waals surface area contributed by atoms with Crippen LogP contribution in [-0.4, -0.2) is 32.3 Å². The number of hydrogen-bond donors (Lipinski definition) is 3. The van der Waals surface area contributed by atoms with E-state index in [1.54, 1.807) is 32.0 Å². The van der Waals surface area contributed by atoms with Crippen LogP contribution in [0.3, 0.4) is 0 Å². The molecule has 0 unspecified atom stereocenters. The normalized spacial score (nSPS) is 15.4. The summed E-state index contributed by atoms with van der Waals surface area (Å²) >= 11 is 0. The Morgan fingerprint density at radius 3 is 2.80 bits per heavy atom. The minimum atomic E-state index is -0.849. The molecule has 132 valence electrons. The van der Waals surface area contributed by atoms with Gasteiger partial charge in [0.1, 0.15) is 17.2 Å². The van der Waals surface area contributed by atoms with Crippen LogP contribution in [0.4, 0.5) is 0 Å². The van der Waals surface area contributed by atoms with Gasteiger partial charge in [0, 0.05) is 12.1 Å². The summed E-state index contributed by atoms with van der Waals surface area (Å²) in [4.78, 5) is 28.9. The molecule has 0 aliphatic carbocycles. The Bertz CT molecular complexity index is 888. The number of phenols is 1. The maximum Gasteiger partial charge on any atom is 0.296 e. The van der Waals surface area contributed by atoms with Crippen molar-refractivity contribution in [2.45, 2.75) is 32.5 Å². The fourth-order valence-electron chi connectivity index (χ4n) is 2.75. The maximum absolute atomic E-state index is 12.4. The van der Waals surface area contributed by atoms with Crippen molar-refractivity contribution < 1.29 is 19.7 Å². The average Bonchev–Trinajstić information content (AvgIpc) is 2.57. The molecule has 3 rings (SSSR count). The first-order valence-electron chi connectivity index (χ1n) is 7.84. The lowest BCUT2D eigenvalue weighted by atomic mass is 10.1. The van der Waals surface area contributed by atoms with Gasteiger partial charge in [-0.2, -0.15) is 0 Å². The zero-order chi connectivity index (χ0) is 18.2. The van der Waals surface area contributed by atoms with Crippen molar-refractivity contribution in [2.75, 3.05) is 6.61 Å². The predicted octanol–water partition coefficient (Wildman–Crippen LogP) is 0.850. The molecule has 1 aliphatic rings. The largest absolute Gasteiger partial charge is 0.508 e. The molecule has 8 heteroatoms. The molecule has 25 heavy (non-hydrogen) atoms. The molecule has 1 aromatic heterocycles. The second-order valence-corrected chi connectivity index (χ2v) is 6.26. The highest BCUT2D eigenvalue weighted by molar-refractivity contribution is 5.94. The number of carbonyl (C=O) groups is 1. The van der Waals surface area contributed by atoms with E-state index in [0.717, 1.165) is 0 Å². The number of para-hydroxylation sites is 1. The molecule has 0 radical (unpaired) electrons. The molecular formula is C17H19N3O5. The number of aromatic nitrogens is 2. The number of nitrogens with zero attached hydrogens (tertiary/aromatic N) is 2. The van der Waals surface area contributed by atoms with Crippen LogP contribution in [0.25, 0.3) is 0 Å². The maximum atomic E-state index is 12.4. The standard InChI is InChI=1S/C17H19N3O5/c1-17(2)16-19-12(13(22)15(24)20(16)7-8-25-17)14(23)18-9-10-5-3-4-6-11(10)21/h3-6,21-22H,7-9H2,1-2H3,(H,18,23). The summed E-state index contributed by atoms with van der Waals surface area (Å²) in [7, 11) is 0. The van der Waals surface area contributed by atoms with Gasteiger partial charge in [-0.05, 0) is 19.9 Å². The molecule has 2 heterocycles. The van der Waals surface area contributed by atoms with Crippen molar-refractivity contribution in [2.24, 2.45) is 0 Å². The third-order valence-electron chi connectivity index (χ3n) is 4.11. The highest BCUT2D eigenvalue weighted by Gasteiger charge is 2.34. The Labute approximate surface area is 143 Å². The number of benzene rings is 1. The molecule has 1 aromatic carbocycles. The average molecular weight is 345 g/mol. The quantitative estimate of drug-likeness (QED) is 0.760. The first-order valence-corrected chi connectivity index (χ1v) is 7.84. The fraction of sp³-hybridized carbons (Fsp3) is 0.353. The monoisotopic (exact) mass is 345 g/mol.